The number of para-hydroxylation sites is 1. The fourth-order valence-electron chi connectivity index (χ4n) is 3.77. The first-order chi connectivity index (χ1) is 14.6. The van der Waals surface area contributed by atoms with E-state index in [1.54, 1.807) is 10.6 Å². The van der Waals surface area contributed by atoms with E-state index in [9.17, 15) is 4.79 Å². The summed E-state index contributed by atoms with van der Waals surface area (Å²) in [6.45, 7) is 2.01. The van der Waals surface area contributed by atoms with Gasteiger partial charge < -0.3 is 10.3 Å². The molecule has 0 saturated carbocycles. The molecule has 0 aliphatic heterocycles. The molecule has 0 fully saturated rings. The van der Waals surface area contributed by atoms with Crippen LogP contribution in [0, 0.1) is 0 Å². The van der Waals surface area contributed by atoms with Crippen LogP contribution in [0.1, 0.15) is 18.7 Å². The Balaban J connectivity index is 1.71. The van der Waals surface area contributed by atoms with Crippen LogP contribution >= 0.6 is 11.6 Å². The van der Waals surface area contributed by atoms with Gasteiger partial charge in [-0.25, -0.2) is 9.97 Å². The molecule has 5 rings (SSSR count). The summed E-state index contributed by atoms with van der Waals surface area (Å²) in [5, 5.41) is 6.09. The van der Waals surface area contributed by atoms with E-state index >= 15 is 0 Å². The van der Waals surface area contributed by atoms with Crippen LogP contribution in [0.4, 0.5) is 5.82 Å². The van der Waals surface area contributed by atoms with Gasteiger partial charge >= 0.3 is 0 Å². The largest absolute Gasteiger partial charge is 0.361 e. The Kier molecular flexibility index (Phi) is 4.48. The van der Waals surface area contributed by atoms with Crippen molar-refractivity contribution >= 4 is 39.2 Å². The summed E-state index contributed by atoms with van der Waals surface area (Å²) in [6, 6.07) is 18.8. The number of benzene rings is 2. The van der Waals surface area contributed by atoms with Gasteiger partial charge in [-0.05, 0) is 42.6 Å². The number of hydrogen-bond donors (Lipinski definition) is 2. The fourth-order valence-corrected chi connectivity index (χ4v) is 4.03. The van der Waals surface area contributed by atoms with Crippen LogP contribution in [0.5, 0.6) is 0 Å². The molecule has 2 N–H and O–H groups in total. The summed E-state index contributed by atoms with van der Waals surface area (Å²) in [6.07, 6.45) is 3.34. The molecule has 1 atom stereocenters. The minimum absolute atomic E-state index is 0.151. The SMILES string of the molecule is C[C@H](Nc1ncnc2[nH]ccc12)c1cc2cccc(Cl)c2c(=O)n1-c1ccccc1. The normalized spacial score (nSPS) is 12.3. The van der Waals surface area contributed by atoms with Crippen molar-refractivity contribution in [2.75, 3.05) is 5.32 Å². The lowest BCUT2D eigenvalue weighted by molar-refractivity contribution is 0.774. The van der Waals surface area contributed by atoms with Crippen LogP contribution < -0.4 is 10.9 Å². The van der Waals surface area contributed by atoms with Gasteiger partial charge in [0.25, 0.3) is 5.56 Å². The van der Waals surface area contributed by atoms with E-state index < -0.39 is 0 Å². The molecular weight excluding hydrogens is 398 g/mol. The van der Waals surface area contributed by atoms with Crippen LogP contribution in [0.2, 0.25) is 5.02 Å². The topological polar surface area (TPSA) is 75.6 Å². The first-order valence-electron chi connectivity index (χ1n) is 9.57. The quantitative estimate of drug-likeness (QED) is 0.428. The average molecular weight is 416 g/mol. The van der Waals surface area contributed by atoms with Gasteiger partial charge in [0.1, 0.15) is 17.8 Å². The van der Waals surface area contributed by atoms with E-state index in [0.29, 0.717) is 16.2 Å². The first-order valence-corrected chi connectivity index (χ1v) is 9.95. The third-order valence-corrected chi connectivity index (χ3v) is 5.50. The molecule has 3 aromatic heterocycles. The summed E-state index contributed by atoms with van der Waals surface area (Å²) < 4.78 is 1.71. The average Bonchev–Trinajstić information content (AvgIpc) is 3.24. The summed E-state index contributed by atoms with van der Waals surface area (Å²) in [4.78, 5) is 25.2. The van der Waals surface area contributed by atoms with Gasteiger partial charge in [0.15, 0.2) is 0 Å². The number of pyridine rings is 1. The molecule has 0 bridgehead atoms. The van der Waals surface area contributed by atoms with Crippen LogP contribution in [0.3, 0.4) is 0 Å². The van der Waals surface area contributed by atoms with Gasteiger partial charge in [0, 0.05) is 17.6 Å². The fraction of sp³-hybridized carbons (Fsp3) is 0.0870. The molecule has 148 valence electrons. The molecule has 0 aliphatic rings. The number of aromatic nitrogens is 4. The van der Waals surface area contributed by atoms with Crippen LogP contribution in [-0.2, 0) is 0 Å². The number of hydrogen-bond acceptors (Lipinski definition) is 4. The molecule has 0 aliphatic carbocycles. The standard InChI is InChI=1S/C23H18ClN5O/c1-14(28-22-17-10-11-25-21(17)26-13-27-22)19-12-15-6-5-9-18(24)20(15)23(30)29(19)16-7-3-2-4-8-16/h2-14H,1H3,(H2,25,26,27,28)/t14-/m0/s1. The maximum absolute atomic E-state index is 13.5. The van der Waals surface area contributed by atoms with Crippen molar-refractivity contribution in [2.45, 2.75) is 13.0 Å². The number of nitrogens with zero attached hydrogens (tertiary/aromatic N) is 3. The molecule has 0 radical (unpaired) electrons. The predicted molar refractivity (Wildman–Crippen MR) is 120 cm³/mol. The van der Waals surface area contributed by atoms with Gasteiger partial charge in [-0.15, -0.1) is 0 Å². The van der Waals surface area contributed by atoms with E-state index in [-0.39, 0.29) is 11.6 Å². The molecule has 0 spiro atoms. The summed E-state index contributed by atoms with van der Waals surface area (Å²) in [5.74, 6) is 0.701. The zero-order valence-electron chi connectivity index (χ0n) is 16.1. The maximum atomic E-state index is 13.5. The highest BCUT2D eigenvalue weighted by atomic mass is 35.5. The van der Waals surface area contributed by atoms with Crippen LogP contribution in [0.15, 0.2) is 78.0 Å². The molecule has 30 heavy (non-hydrogen) atoms. The Labute approximate surface area is 177 Å². The summed E-state index contributed by atoms with van der Waals surface area (Å²) >= 11 is 6.39. The molecule has 3 heterocycles. The highest BCUT2D eigenvalue weighted by Gasteiger charge is 2.18. The lowest BCUT2D eigenvalue weighted by atomic mass is 10.1. The Morgan fingerprint density at radius 1 is 1.07 bits per heavy atom. The Morgan fingerprint density at radius 2 is 1.90 bits per heavy atom. The van der Waals surface area contributed by atoms with Crippen molar-refractivity contribution in [1.29, 1.82) is 0 Å². The molecule has 2 aromatic carbocycles. The minimum Gasteiger partial charge on any atom is -0.361 e. The van der Waals surface area contributed by atoms with Gasteiger partial charge in [-0.1, -0.05) is 41.9 Å². The second-order valence-corrected chi connectivity index (χ2v) is 7.48. The number of anilines is 1. The van der Waals surface area contributed by atoms with E-state index in [4.69, 9.17) is 11.6 Å². The number of aromatic amines is 1. The zero-order valence-corrected chi connectivity index (χ0v) is 16.9. The molecular formula is C23H18ClN5O. The number of fused-ring (bicyclic) bond motifs is 2. The van der Waals surface area contributed by atoms with E-state index in [0.717, 1.165) is 27.8 Å². The smallest absolute Gasteiger partial charge is 0.264 e. The third kappa shape index (κ3) is 3.02. The molecule has 5 aromatic rings. The lowest BCUT2D eigenvalue weighted by Gasteiger charge is -2.21. The summed E-state index contributed by atoms with van der Waals surface area (Å²) in [5.41, 5.74) is 2.19. The molecule has 0 amide bonds. The van der Waals surface area contributed by atoms with Crippen molar-refractivity contribution in [2.24, 2.45) is 0 Å². The van der Waals surface area contributed by atoms with Gasteiger partial charge in [0.2, 0.25) is 0 Å². The maximum Gasteiger partial charge on any atom is 0.264 e. The molecule has 0 saturated heterocycles. The van der Waals surface area contributed by atoms with E-state index in [1.165, 1.54) is 6.33 Å². The van der Waals surface area contributed by atoms with Gasteiger partial charge in [0.05, 0.1) is 21.8 Å². The van der Waals surface area contributed by atoms with Crippen molar-refractivity contribution in [3.63, 3.8) is 0 Å². The molecule has 0 unspecified atom stereocenters. The summed E-state index contributed by atoms with van der Waals surface area (Å²) in [7, 11) is 0. The van der Waals surface area contributed by atoms with Crippen molar-refractivity contribution < 1.29 is 0 Å². The third-order valence-electron chi connectivity index (χ3n) is 5.19. The van der Waals surface area contributed by atoms with Crippen molar-refractivity contribution in [3.05, 3.63) is 94.3 Å². The highest BCUT2D eigenvalue weighted by Crippen LogP contribution is 2.28. The number of H-pyrrole nitrogens is 1. The van der Waals surface area contributed by atoms with Crippen molar-refractivity contribution in [1.82, 2.24) is 19.5 Å². The second kappa shape index (κ2) is 7.31. The van der Waals surface area contributed by atoms with E-state index in [2.05, 4.69) is 20.3 Å². The second-order valence-electron chi connectivity index (χ2n) is 7.08. The first kappa shape index (κ1) is 18.4. The number of rotatable bonds is 4. The molecule has 7 heteroatoms. The highest BCUT2D eigenvalue weighted by molar-refractivity contribution is 6.35. The van der Waals surface area contributed by atoms with Crippen molar-refractivity contribution in [3.8, 4) is 5.69 Å². The number of nitrogens with one attached hydrogen (secondary N) is 2. The minimum atomic E-state index is -0.214. The Bertz CT molecular complexity index is 1420. The number of halogens is 1. The van der Waals surface area contributed by atoms with E-state index in [1.807, 2.05) is 67.7 Å². The van der Waals surface area contributed by atoms with Gasteiger partial charge in [-0.3, -0.25) is 9.36 Å². The van der Waals surface area contributed by atoms with Crippen LogP contribution in [-0.4, -0.2) is 19.5 Å². The van der Waals surface area contributed by atoms with Crippen LogP contribution in [0.25, 0.3) is 27.5 Å². The monoisotopic (exact) mass is 415 g/mol. The predicted octanol–water partition coefficient (Wildman–Crippen LogP) is 5.09. The Morgan fingerprint density at radius 3 is 2.73 bits per heavy atom. The van der Waals surface area contributed by atoms with Gasteiger partial charge in [-0.2, -0.15) is 0 Å². The lowest BCUT2D eigenvalue weighted by Crippen LogP contribution is -2.25. The molecule has 6 nitrogen and oxygen atoms in total. The Hall–Kier alpha value is -3.64. The zero-order chi connectivity index (χ0) is 20.7.